The fourth-order valence-electron chi connectivity index (χ4n) is 3.16. The van der Waals surface area contributed by atoms with Gasteiger partial charge in [-0.1, -0.05) is 62.9 Å². The monoisotopic (exact) mass is 359 g/mol. The highest BCUT2D eigenvalue weighted by molar-refractivity contribution is 6.08. The van der Waals surface area contributed by atoms with Crippen LogP contribution in [0, 0.1) is 0 Å². The van der Waals surface area contributed by atoms with Gasteiger partial charge >= 0.3 is 6.03 Å². The summed E-state index contributed by atoms with van der Waals surface area (Å²) in [5.74, 6) is -0.628. The number of imide groups is 1. The summed E-state index contributed by atoms with van der Waals surface area (Å²) < 4.78 is 0. The number of amides is 4. The van der Waals surface area contributed by atoms with Gasteiger partial charge < -0.3 is 10.6 Å². The molecular weight excluding hydrogens is 330 g/mol. The number of nitrogens with one attached hydrogen (secondary N) is 2. The lowest BCUT2D eigenvalue weighted by Crippen LogP contribution is -2.45. The van der Waals surface area contributed by atoms with Crippen molar-refractivity contribution < 1.29 is 14.4 Å². The minimum Gasteiger partial charge on any atom is -0.354 e. The zero-order chi connectivity index (χ0) is 19.0. The lowest BCUT2D eigenvalue weighted by Gasteiger charge is -2.21. The number of unbranched alkanes of at least 4 members (excludes halogenated alkanes) is 3. The first kappa shape index (κ1) is 19.9. The van der Waals surface area contributed by atoms with Crippen molar-refractivity contribution >= 4 is 17.8 Å². The van der Waals surface area contributed by atoms with Crippen LogP contribution in [0.3, 0.4) is 0 Å². The van der Waals surface area contributed by atoms with Gasteiger partial charge in [0.15, 0.2) is 0 Å². The van der Waals surface area contributed by atoms with E-state index < -0.39 is 11.6 Å². The Morgan fingerprint density at radius 1 is 1.15 bits per heavy atom. The van der Waals surface area contributed by atoms with E-state index in [0.717, 1.165) is 36.1 Å². The molecule has 0 aromatic heterocycles. The smallest absolute Gasteiger partial charge is 0.325 e. The Morgan fingerprint density at radius 2 is 1.88 bits per heavy atom. The van der Waals surface area contributed by atoms with Gasteiger partial charge in [0.2, 0.25) is 5.91 Å². The molecule has 2 rings (SSSR count). The van der Waals surface area contributed by atoms with E-state index in [1.54, 1.807) is 6.92 Å². The van der Waals surface area contributed by atoms with Crippen LogP contribution in [0.1, 0.15) is 51.5 Å². The maximum atomic E-state index is 12.6. The number of benzene rings is 1. The van der Waals surface area contributed by atoms with Crippen LogP contribution in [0.25, 0.3) is 0 Å². The van der Waals surface area contributed by atoms with E-state index in [1.807, 2.05) is 30.3 Å². The normalized spacial score (nSPS) is 19.5. The predicted octanol–water partition coefficient (Wildman–Crippen LogP) is 2.63. The number of urea groups is 1. The average Bonchev–Trinajstić information content (AvgIpc) is 2.83. The maximum Gasteiger partial charge on any atom is 0.325 e. The van der Waals surface area contributed by atoms with Crippen LogP contribution < -0.4 is 10.6 Å². The first-order chi connectivity index (χ1) is 12.5. The lowest BCUT2D eigenvalue weighted by molar-refractivity contribution is -0.134. The Labute approximate surface area is 155 Å². The molecule has 2 N–H and O–H groups in total. The quantitative estimate of drug-likeness (QED) is 0.498. The van der Waals surface area contributed by atoms with Crippen LogP contribution >= 0.6 is 0 Å². The molecule has 1 aromatic rings. The highest BCUT2D eigenvalue weighted by atomic mass is 16.2. The maximum absolute atomic E-state index is 12.6. The molecule has 1 aliphatic heterocycles. The van der Waals surface area contributed by atoms with Gasteiger partial charge in [0.05, 0.1) is 0 Å². The molecule has 1 heterocycles. The van der Waals surface area contributed by atoms with E-state index in [0.29, 0.717) is 19.4 Å². The third-order valence-electron chi connectivity index (χ3n) is 4.76. The molecule has 0 saturated carbocycles. The molecule has 1 saturated heterocycles. The van der Waals surface area contributed by atoms with Gasteiger partial charge in [-0.3, -0.25) is 14.5 Å². The van der Waals surface area contributed by atoms with Crippen molar-refractivity contribution in [3.05, 3.63) is 35.9 Å². The summed E-state index contributed by atoms with van der Waals surface area (Å²) in [6.07, 6.45) is 5.46. The zero-order valence-corrected chi connectivity index (χ0v) is 15.7. The van der Waals surface area contributed by atoms with E-state index in [-0.39, 0.29) is 18.4 Å². The molecule has 0 unspecified atom stereocenters. The largest absolute Gasteiger partial charge is 0.354 e. The number of rotatable bonds is 10. The fourth-order valence-corrected chi connectivity index (χ4v) is 3.16. The van der Waals surface area contributed by atoms with Gasteiger partial charge in [0, 0.05) is 6.54 Å². The molecule has 0 bridgehead atoms. The predicted molar refractivity (Wildman–Crippen MR) is 101 cm³/mol. The van der Waals surface area contributed by atoms with Gasteiger partial charge in [0.25, 0.3) is 5.91 Å². The van der Waals surface area contributed by atoms with Gasteiger partial charge in [-0.05, 0) is 25.3 Å². The average molecular weight is 359 g/mol. The Hall–Kier alpha value is -2.37. The van der Waals surface area contributed by atoms with Crippen molar-refractivity contribution in [1.29, 1.82) is 0 Å². The first-order valence-corrected chi connectivity index (χ1v) is 9.41. The Kier molecular flexibility index (Phi) is 7.18. The summed E-state index contributed by atoms with van der Waals surface area (Å²) in [5.41, 5.74) is 0.234. The number of carbonyl (C=O) groups excluding carboxylic acids is 3. The van der Waals surface area contributed by atoms with Gasteiger partial charge in [0.1, 0.15) is 12.1 Å². The molecule has 6 nitrogen and oxygen atoms in total. The molecule has 1 atom stereocenters. The Morgan fingerprint density at radius 3 is 2.58 bits per heavy atom. The summed E-state index contributed by atoms with van der Waals surface area (Å²) in [6, 6.07) is 9.35. The topological polar surface area (TPSA) is 78.5 Å². The van der Waals surface area contributed by atoms with Crippen molar-refractivity contribution in [2.45, 2.75) is 57.9 Å². The SMILES string of the molecule is CCCCCC[C@]1(C)NC(=O)N(CC(=O)NCCc2ccccc2)C1=O. The fraction of sp³-hybridized carbons (Fsp3) is 0.550. The number of hydrogen-bond acceptors (Lipinski definition) is 3. The molecule has 1 aromatic carbocycles. The zero-order valence-electron chi connectivity index (χ0n) is 15.7. The van der Waals surface area contributed by atoms with Crippen molar-refractivity contribution in [2.24, 2.45) is 0 Å². The van der Waals surface area contributed by atoms with E-state index in [4.69, 9.17) is 0 Å². The summed E-state index contributed by atoms with van der Waals surface area (Å²) in [6.45, 7) is 4.11. The molecular formula is C20H29N3O3. The standard InChI is InChI=1S/C20H29N3O3/c1-3-4-5-9-13-20(2)18(25)23(19(26)22-20)15-17(24)21-14-12-16-10-7-6-8-11-16/h6-8,10-11H,3-5,9,12-15H2,1-2H3,(H,21,24)(H,22,26)/t20-/m0/s1. The lowest BCUT2D eigenvalue weighted by atomic mass is 9.94. The van der Waals surface area contributed by atoms with E-state index >= 15 is 0 Å². The van der Waals surface area contributed by atoms with Crippen LogP contribution in [-0.4, -0.2) is 41.4 Å². The minimum atomic E-state index is -0.894. The van der Waals surface area contributed by atoms with Crippen LogP contribution in [0.15, 0.2) is 30.3 Å². The first-order valence-electron chi connectivity index (χ1n) is 9.41. The molecule has 6 heteroatoms. The Balaban J connectivity index is 1.79. The highest BCUT2D eigenvalue weighted by Crippen LogP contribution is 2.23. The molecule has 0 radical (unpaired) electrons. The number of carbonyl (C=O) groups is 3. The van der Waals surface area contributed by atoms with Crippen LogP contribution in [0.4, 0.5) is 4.79 Å². The second kappa shape index (κ2) is 9.36. The molecule has 1 aliphatic rings. The van der Waals surface area contributed by atoms with Crippen molar-refractivity contribution in [3.8, 4) is 0 Å². The third-order valence-corrected chi connectivity index (χ3v) is 4.76. The summed E-state index contributed by atoms with van der Waals surface area (Å²) >= 11 is 0. The van der Waals surface area contributed by atoms with Crippen LogP contribution in [-0.2, 0) is 16.0 Å². The van der Waals surface area contributed by atoms with Gasteiger partial charge in [-0.25, -0.2) is 4.79 Å². The van der Waals surface area contributed by atoms with Crippen molar-refractivity contribution in [2.75, 3.05) is 13.1 Å². The molecule has 142 valence electrons. The van der Waals surface area contributed by atoms with Gasteiger partial charge in [-0.2, -0.15) is 0 Å². The summed E-state index contributed by atoms with van der Waals surface area (Å²) in [5, 5.41) is 5.53. The van der Waals surface area contributed by atoms with E-state index in [2.05, 4.69) is 17.6 Å². The summed E-state index contributed by atoms with van der Waals surface area (Å²) in [7, 11) is 0. The molecule has 1 fully saturated rings. The van der Waals surface area contributed by atoms with Crippen LogP contribution in [0.2, 0.25) is 0 Å². The third kappa shape index (κ3) is 5.31. The highest BCUT2D eigenvalue weighted by Gasteiger charge is 2.47. The molecule has 0 spiro atoms. The number of hydrogen-bond donors (Lipinski definition) is 2. The second-order valence-electron chi connectivity index (χ2n) is 7.05. The molecule has 0 aliphatic carbocycles. The summed E-state index contributed by atoms with van der Waals surface area (Å²) in [4.78, 5) is 37.9. The second-order valence-corrected chi connectivity index (χ2v) is 7.05. The molecule has 4 amide bonds. The minimum absolute atomic E-state index is 0.232. The van der Waals surface area contributed by atoms with Crippen molar-refractivity contribution in [3.63, 3.8) is 0 Å². The Bertz CT molecular complexity index is 632. The van der Waals surface area contributed by atoms with E-state index in [1.165, 1.54) is 0 Å². The van der Waals surface area contributed by atoms with E-state index in [9.17, 15) is 14.4 Å². The van der Waals surface area contributed by atoms with Gasteiger partial charge in [-0.15, -0.1) is 0 Å². The van der Waals surface area contributed by atoms with Crippen LogP contribution in [0.5, 0.6) is 0 Å². The number of nitrogens with zero attached hydrogens (tertiary/aromatic N) is 1. The molecule has 26 heavy (non-hydrogen) atoms. The van der Waals surface area contributed by atoms with Crippen molar-refractivity contribution in [1.82, 2.24) is 15.5 Å².